The molecule has 4 aromatic carbocycles. The van der Waals surface area contributed by atoms with Crippen molar-refractivity contribution in [1.29, 1.82) is 0 Å². The summed E-state index contributed by atoms with van der Waals surface area (Å²) in [6.45, 7) is 3.20. The Morgan fingerprint density at radius 1 is 0.786 bits per heavy atom. The van der Waals surface area contributed by atoms with Gasteiger partial charge in [-0.25, -0.2) is 0 Å². The van der Waals surface area contributed by atoms with E-state index in [0.717, 1.165) is 16.9 Å². The van der Waals surface area contributed by atoms with Gasteiger partial charge in [0, 0.05) is 35.8 Å². The first-order valence-corrected chi connectivity index (χ1v) is 14.2. The Labute approximate surface area is 250 Å². The molecule has 216 valence electrons. The van der Waals surface area contributed by atoms with Crippen LogP contribution < -0.4 is 10.1 Å². The van der Waals surface area contributed by atoms with E-state index in [1.165, 1.54) is 0 Å². The first-order chi connectivity index (χ1) is 20.4. The number of carboxylic acids is 1. The molecule has 0 atom stereocenters. The maximum absolute atomic E-state index is 13.9. The van der Waals surface area contributed by atoms with E-state index in [1.807, 2.05) is 61.5 Å². The molecule has 7 nitrogen and oxygen atoms in total. The third-order valence-electron chi connectivity index (χ3n) is 6.77. The molecule has 0 radical (unpaired) electrons. The van der Waals surface area contributed by atoms with E-state index in [4.69, 9.17) is 16.3 Å². The minimum absolute atomic E-state index is 0.0583. The molecule has 0 aliphatic carbocycles. The molecule has 0 unspecified atom stereocenters. The van der Waals surface area contributed by atoms with E-state index in [2.05, 4.69) is 5.32 Å². The maximum Gasteiger partial charge on any atom is 0.305 e. The summed E-state index contributed by atoms with van der Waals surface area (Å²) in [5, 5.41) is 12.9. The van der Waals surface area contributed by atoms with Crippen LogP contribution in [0.5, 0.6) is 5.75 Å². The van der Waals surface area contributed by atoms with Gasteiger partial charge in [-0.3, -0.25) is 14.4 Å². The molecular weight excluding hydrogens is 552 g/mol. The SMILES string of the molecule is CCOc1ccc(CCN(CCC(=O)O)C(=O)c2ccccc2-c2ccccc2C(=O)NCc2ccc(Cl)cc2)cc1. The molecular formula is C34H33ClN2O5. The van der Waals surface area contributed by atoms with E-state index in [9.17, 15) is 19.5 Å². The van der Waals surface area contributed by atoms with E-state index >= 15 is 0 Å². The number of aliphatic carboxylic acids is 1. The minimum Gasteiger partial charge on any atom is -0.494 e. The van der Waals surface area contributed by atoms with Crippen molar-refractivity contribution in [2.45, 2.75) is 26.3 Å². The molecule has 4 rings (SSSR count). The maximum atomic E-state index is 13.9. The van der Waals surface area contributed by atoms with Crippen LogP contribution in [-0.2, 0) is 17.8 Å². The van der Waals surface area contributed by atoms with E-state index in [0.29, 0.717) is 53.4 Å². The van der Waals surface area contributed by atoms with Crippen LogP contribution in [0.3, 0.4) is 0 Å². The van der Waals surface area contributed by atoms with E-state index in [1.54, 1.807) is 47.4 Å². The Bertz CT molecular complexity index is 1520. The van der Waals surface area contributed by atoms with Crippen LogP contribution in [0.25, 0.3) is 11.1 Å². The van der Waals surface area contributed by atoms with Crippen LogP contribution in [0.1, 0.15) is 45.2 Å². The number of rotatable bonds is 13. The number of nitrogens with zero attached hydrogens (tertiary/aromatic N) is 1. The van der Waals surface area contributed by atoms with Gasteiger partial charge in [0.05, 0.1) is 13.0 Å². The first kappa shape index (κ1) is 30.3. The topological polar surface area (TPSA) is 95.9 Å². The van der Waals surface area contributed by atoms with Crippen molar-refractivity contribution >= 4 is 29.4 Å². The van der Waals surface area contributed by atoms with Gasteiger partial charge in [0.1, 0.15) is 5.75 Å². The smallest absolute Gasteiger partial charge is 0.305 e. The summed E-state index contributed by atoms with van der Waals surface area (Å²) in [6.07, 6.45) is 0.366. The molecule has 0 fully saturated rings. The monoisotopic (exact) mass is 584 g/mol. The number of carboxylic acid groups (broad SMARTS) is 1. The number of amides is 2. The Balaban J connectivity index is 1.57. The molecule has 42 heavy (non-hydrogen) atoms. The zero-order valence-corrected chi connectivity index (χ0v) is 24.1. The molecule has 2 N–H and O–H groups in total. The lowest BCUT2D eigenvalue weighted by atomic mass is 9.94. The quantitative estimate of drug-likeness (QED) is 0.187. The van der Waals surface area contributed by atoms with E-state index < -0.39 is 5.97 Å². The van der Waals surface area contributed by atoms with Crippen LogP contribution in [0, 0.1) is 0 Å². The van der Waals surface area contributed by atoms with Crippen molar-refractivity contribution in [1.82, 2.24) is 10.2 Å². The van der Waals surface area contributed by atoms with Crippen LogP contribution in [-0.4, -0.2) is 47.5 Å². The van der Waals surface area contributed by atoms with Gasteiger partial charge in [0.15, 0.2) is 0 Å². The predicted octanol–water partition coefficient (Wildman–Crippen LogP) is 6.50. The Morgan fingerprint density at radius 3 is 2.02 bits per heavy atom. The van der Waals surface area contributed by atoms with Crippen molar-refractivity contribution in [2.75, 3.05) is 19.7 Å². The lowest BCUT2D eigenvalue weighted by Crippen LogP contribution is -2.35. The van der Waals surface area contributed by atoms with Gasteiger partial charge in [0.25, 0.3) is 11.8 Å². The molecule has 0 saturated heterocycles. The van der Waals surface area contributed by atoms with Crippen molar-refractivity contribution in [2.24, 2.45) is 0 Å². The molecule has 0 spiro atoms. The summed E-state index contributed by atoms with van der Waals surface area (Å²) >= 11 is 5.97. The summed E-state index contributed by atoms with van der Waals surface area (Å²) < 4.78 is 5.51. The molecule has 2 amide bonds. The molecule has 0 heterocycles. The minimum atomic E-state index is -0.982. The standard InChI is InChI=1S/C34H33ClN2O5/c1-2-42-27-17-13-24(14-18-27)19-21-37(22-20-32(38)39)34(41)31-10-6-4-8-29(31)28-7-3-5-9-30(28)33(40)36-23-25-11-15-26(35)16-12-25/h3-18H,2,19-23H2,1H3,(H,36,40)(H,38,39). The zero-order valence-electron chi connectivity index (χ0n) is 23.4. The average molecular weight is 585 g/mol. The van der Waals surface area contributed by atoms with Crippen LogP contribution in [0.15, 0.2) is 97.1 Å². The Kier molecular flexibility index (Phi) is 10.7. The summed E-state index contributed by atoms with van der Waals surface area (Å²) in [4.78, 5) is 40.2. The van der Waals surface area contributed by atoms with Crippen molar-refractivity contribution in [3.05, 3.63) is 124 Å². The van der Waals surface area contributed by atoms with Crippen LogP contribution >= 0.6 is 11.6 Å². The molecule has 0 saturated carbocycles. The third-order valence-corrected chi connectivity index (χ3v) is 7.03. The highest BCUT2D eigenvalue weighted by Crippen LogP contribution is 2.29. The number of halogens is 1. The average Bonchev–Trinajstić information content (AvgIpc) is 3.01. The highest BCUT2D eigenvalue weighted by atomic mass is 35.5. The number of carbonyl (C=O) groups excluding carboxylic acids is 2. The second-order valence-electron chi connectivity index (χ2n) is 9.66. The fraction of sp³-hybridized carbons (Fsp3) is 0.206. The van der Waals surface area contributed by atoms with Crippen LogP contribution in [0.2, 0.25) is 5.02 Å². The number of hydrogen-bond donors (Lipinski definition) is 2. The van der Waals surface area contributed by atoms with Gasteiger partial charge in [-0.2, -0.15) is 0 Å². The van der Waals surface area contributed by atoms with Gasteiger partial charge < -0.3 is 20.1 Å². The van der Waals surface area contributed by atoms with Gasteiger partial charge in [0.2, 0.25) is 0 Å². The molecule has 0 aliphatic rings. The first-order valence-electron chi connectivity index (χ1n) is 13.8. The highest BCUT2D eigenvalue weighted by molar-refractivity contribution is 6.30. The second-order valence-corrected chi connectivity index (χ2v) is 10.1. The fourth-order valence-electron chi connectivity index (χ4n) is 4.60. The Morgan fingerprint density at radius 2 is 1.38 bits per heavy atom. The molecule has 0 aliphatic heterocycles. The summed E-state index contributed by atoms with van der Waals surface area (Å²) in [6, 6.07) is 29.1. The number of ether oxygens (including phenoxy) is 1. The van der Waals surface area contributed by atoms with Gasteiger partial charge >= 0.3 is 5.97 Å². The van der Waals surface area contributed by atoms with E-state index in [-0.39, 0.29) is 24.8 Å². The number of carbonyl (C=O) groups is 3. The summed E-state index contributed by atoms with van der Waals surface area (Å²) in [5.74, 6) is -0.787. The van der Waals surface area contributed by atoms with Gasteiger partial charge in [-0.15, -0.1) is 0 Å². The fourth-order valence-corrected chi connectivity index (χ4v) is 4.73. The van der Waals surface area contributed by atoms with Crippen molar-refractivity contribution in [3.63, 3.8) is 0 Å². The summed E-state index contributed by atoms with van der Waals surface area (Å²) in [7, 11) is 0. The number of hydrogen-bond acceptors (Lipinski definition) is 4. The van der Waals surface area contributed by atoms with Gasteiger partial charge in [-0.05, 0) is 72.0 Å². The summed E-state index contributed by atoms with van der Waals surface area (Å²) in [5.41, 5.74) is 3.94. The van der Waals surface area contributed by atoms with Crippen molar-refractivity contribution < 1.29 is 24.2 Å². The largest absolute Gasteiger partial charge is 0.494 e. The zero-order chi connectivity index (χ0) is 29.9. The molecule has 0 bridgehead atoms. The Hall–Kier alpha value is -4.62. The molecule has 8 heteroatoms. The lowest BCUT2D eigenvalue weighted by molar-refractivity contribution is -0.137. The third kappa shape index (κ3) is 8.21. The second kappa shape index (κ2) is 14.8. The highest BCUT2D eigenvalue weighted by Gasteiger charge is 2.22. The molecule has 4 aromatic rings. The van der Waals surface area contributed by atoms with Crippen LogP contribution in [0.4, 0.5) is 0 Å². The molecule has 0 aromatic heterocycles. The van der Waals surface area contributed by atoms with Crippen molar-refractivity contribution in [3.8, 4) is 16.9 Å². The normalized spacial score (nSPS) is 10.6. The van der Waals surface area contributed by atoms with Gasteiger partial charge in [-0.1, -0.05) is 72.3 Å². The lowest BCUT2D eigenvalue weighted by Gasteiger charge is -2.24. The number of nitrogens with one attached hydrogen (secondary N) is 1. The number of benzene rings is 4. The predicted molar refractivity (Wildman–Crippen MR) is 164 cm³/mol.